The smallest absolute Gasteiger partial charge is 0.259 e. The molecular weight excluding hydrogens is 232 g/mol. The van der Waals surface area contributed by atoms with Gasteiger partial charge in [0.2, 0.25) is 0 Å². The molecule has 0 unspecified atom stereocenters. The summed E-state index contributed by atoms with van der Waals surface area (Å²) in [6.07, 6.45) is 3.20. The minimum atomic E-state index is -0.443. The van der Waals surface area contributed by atoms with Crippen molar-refractivity contribution < 1.29 is 15.0 Å². The van der Waals surface area contributed by atoms with Crippen molar-refractivity contribution in [1.82, 2.24) is 4.98 Å². The summed E-state index contributed by atoms with van der Waals surface area (Å²) < 4.78 is 0. The fourth-order valence-electron chi connectivity index (χ4n) is 1.52. The van der Waals surface area contributed by atoms with Gasteiger partial charge in [0, 0.05) is 24.1 Å². The van der Waals surface area contributed by atoms with Crippen molar-refractivity contribution in [2.75, 3.05) is 5.32 Å². The lowest BCUT2D eigenvalue weighted by molar-refractivity contribution is 0.102. The summed E-state index contributed by atoms with van der Waals surface area (Å²) in [6.45, 7) is 1.82. The van der Waals surface area contributed by atoms with E-state index < -0.39 is 5.91 Å². The third-order valence-corrected chi connectivity index (χ3v) is 2.49. The lowest BCUT2D eigenvalue weighted by Gasteiger charge is -2.08. The zero-order valence-corrected chi connectivity index (χ0v) is 9.71. The number of carbonyl (C=O) groups excluding carboxylic acids is 1. The Morgan fingerprint density at radius 3 is 2.72 bits per heavy atom. The molecule has 0 radical (unpaired) electrons. The highest BCUT2D eigenvalue weighted by atomic mass is 16.3. The number of anilines is 1. The van der Waals surface area contributed by atoms with Crippen LogP contribution in [0.15, 0.2) is 36.7 Å². The summed E-state index contributed by atoms with van der Waals surface area (Å²) in [5.41, 5.74) is 1.55. The van der Waals surface area contributed by atoms with Crippen molar-refractivity contribution in [3.05, 3.63) is 47.8 Å². The average molecular weight is 244 g/mol. The first-order valence-corrected chi connectivity index (χ1v) is 5.32. The van der Waals surface area contributed by atoms with E-state index in [1.807, 2.05) is 6.92 Å². The number of phenols is 2. The van der Waals surface area contributed by atoms with E-state index in [1.165, 1.54) is 12.1 Å². The quantitative estimate of drug-likeness (QED) is 0.755. The standard InChI is InChI=1S/C13H12N2O3/c1-8-7-14-5-4-11(8)15-13(18)10-3-2-9(16)6-12(10)17/h2-7,16-17H,1H3,(H,14,15,18). The van der Waals surface area contributed by atoms with Crippen LogP contribution in [-0.4, -0.2) is 21.1 Å². The van der Waals surface area contributed by atoms with Crippen molar-refractivity contribution in [3.8, 4) is 11.5 Å². The molecule has 0 fully saturated rings. The summed E-state index contributed by atoms with van der Waals surface area (Å²) in [7, 11) is 0. The molecule has 0 aliphatic carbocycles. The van der Waals surface area contributed by atoms with Gasteiger partial charge in [0.25, 0.3) is 5.91 Å². The number of phenolic OH excluding ortho intramolecular Hbond substituents is 2. The highest BCUT2D eigenvalue weighted by molar-refractivity contribution is 6.06. The molecule has 1 aromatic heterocycles. The molecule has 2 rings (SSSR count). The predicted molar refractivity (Wildman–Crippen MR) is 66.7 cm³/mol. The molecule has 0 saturated carbocycles. The Morgan fingerprint density at radius 2 is 2.06 bits per heavy atom. The first-order valence-electron chi connectivity index (χ1n) is 5.32. The van der Waals surface area contributed by atoms with Crippen LogP contribution in [0.25, 0.3) is 0 Å². The zero-order chi connectivity index (χ0) is 13.1. The maximum absolute atomic E-state index is 11.9. The average Bonchev–Trinajstić information content (AvgIpc) is 2.32. The van der Waals surface area contributed by atoms with Crippen molar-refractivity contribution in [1.29, 1.82) is 0 Å². The van der Waals surface area contributed by atoms with Gasteiger partial charge in [0.1, 0.15) is 11.5 Å². The van der Waals surface area contributed by atoms with E-state index in [9.17, 15) is 9.90 Å². The van der Waals surface area contributed by atoms with Crippen LogP contribution in [0.3, 0.4) is 0 Å². The number of rotatable bonds is 2. The topological polar surface area (TPSA) is 82.5 Å². The molecule has 0 atom stereocenters. The summed E-state index contributed by atoms with van der Waals surface area (Å²) in [4.78, 5) is 15.8. The lowest BCUT2D eigenvalue weighted by atomic mass is 10.1. The first kappa shape index (κ1) is 11.9. The second-order valence-corrected chi connectivity index (χ2v) is 3.85. The number of carbonyl (C=O) groups is 1. The SMILES string of the molecule is Cc1cnccc1NC(=O)c1ccc(O)cc1O. The van der Waals surface area contributed by atoms with Crippen molar-refractivity contribution in [3.63, 3.8) is 0 Å². The fourth-order valence-corrected chi connectivity index (χ4v) is 1.52. The molecule has 0 aliphatic heterocycles. The molecule has 5 heteroatoms. The molecule has 3 N–H and O–H groups in total. The Balaban J connectivity index is 2.25. The lowest BCUT2D eigenvalue weighted by Crippen LogP contribution is -2.12. The summed E-state index contributed by atoms with van der Waals surface area (Å²) in [5, 5.41) is 21.4. The molecule has 92 valence electrons. The van der Waals surface area contributed by atoms with Gasteiger partial charge < -0.3 is 15.5 Å². The van der Waals surface area contributed by atoms with E-state index in [0.29, 0.717) is 5.69 Å². The van der Waals surface area contributed by atoms with Crippen molar-refractivity contribution in [2.24, 2.45) is 0 Å². The van der Waals surface area contributed by atoms with Crippen LogP contribution in [0.5, 0.6) is 11.5 Å². The number of aryl methyl sites for hydroxylation is 1. The number of nitrogens with one attached hydrogen (secondary N) is 1. The van der Waals surface area contributed by atoms with Crippen LogP contribution in [0.4, 0.5) is 5.69 Å². The highest BCUT2D eigenvalue weighted by Crippen LogP contribution is 2.23. The van der Waals surface area contributed by atoms with Gasteiger partial charge in [-0.15, -0.1) is 0 Å². The molecule has 0 aliphatic rings. The van der Waals surface area contributed by atoms with Gasteiger partial charge >= 0.3 is 0 Å². The monoisotopic (exact) mass is 244 g/mol. The normalized spacial score (nSPS) is 10.1. The summed E-state index contributed by atoms with van der Waals surface area (Å²) >= 11 is 0. The van der Waals surface area contributed by atoms with Gasteiger partial charge in [-0.25, -0.2) is 0 Å². The predicted octanol–water partition coefficient (Wildman–Crippen LogP) is 2.05. The highest BCUT2D eigenvalue weighted by Gasteiger charge is 2.12. The number of aromatic hydroxyl groups is 2. The van der Waals surface area contributed by atoms with E-state index in [1.54, 1.807) is 18.5 Å². The van der Waals surface area contributed by atoms with Gasteiger partial charge in [-0.1, -0.05) is 0 Å². The molecule has 18 heavy (non-hydrogen) atoms. The Kier molecular flexibility index (Phi) is 3.14. The number of hydrogen-bond donors (Lipinski definition) is 3. The largest absolute Gasteiger partial charge is 0.508 e. The molecule has 0 bridgehead atoms. The molecule has 1 heterocycles. The van der Waals surface area contributed by atoms with Gasteiger partial charge in [-0.3, -0.25) is 9.78 Å². The van der Waals surface area contributed by atoms with Gasteiger partial charge in [0.15, 0.2) is 0 Å². The number of benzene rings is 1. The van der Waals surface area contributed by atoms with Crippen LogP contribution in [0.2, 0.25) is 0 Å². The first-order chi connectivity index (χ1) is 8.58. The van der Waals surface area contributed by atoms with Crippen LogP contribution in [0.1, 0.15) is 15.9 Å². The van der Waals surface area contributed by atoms with Crippen LogP contribution in [-0.2, 0) is 0 Å². The van der Waals surface area contributed by atoms with Crippen LogP contribution in [0, 0.1) is 6.92 Å². The Morgan fingerprint density at radius 1 is 1.28 bits per heavy atom. The molecular formula is C13H12N2O3. The summed E-state index contributed by atoms with van der Waals surface area (Å²) in [6, 6.07) is 5.49. The minimum Gasteiger partial charge on any atom is -0.508 e. The second kappa shape index (κ2) is 4.75. The molecule has 0 spiro atoms. The van der Waals surface area contributed by atoms with E-state index in [2.05, 4.69) is 10.3 Å². The molecule has 5 nitrogen and oxygen atoms in total. The number of amides is 1. The number of nitrogens with zero attached hydrogens (tertiary/aromatic N) is 1. The molecule has 0 saturated heterocycles. The van der Waals surface area contributed by atoms with E-state index in [-0.39, 0.29) is 17.1 Å². The van der Waals surface area contributed by atoms with Crippen molar-refractivity contribution in [2.45, 2.75) is 6.92 Å². The van der Waals surface area contributed by atoms with E-state index in [4.69, 9.17) is 5.11 Å². The molecule has 2 aromatic rings. The zero-order valence-electron chi connectivity index (χ0n) is 9.71. The maximum Gasteiger partial charge on any atom is 0.259 e. The Labute approximate surface area is 104 Å². The fraction of sp³-hybridized carbons (Fsp3) is 0.0769. The number of pyridine rings is 1. The molecule has 1 amide bonds. The van der Waals surface area contributed by atoms with Gasteiger partial charge in [-0.05, 0) is 30.7 Å². The Hall–Kier alpha value is -2.56. The molecule has 1 aromatic carbocycles. The van der Waals surface area contributed by atoms with E-state index >= 15 is 0 Å². The number of aromatic nitrogens is 1. The number of hydrogen-bond acceptors (Lipinski definition) is 4. The maximum atomic E-state index is 11.9. The van der Waals surface area contributed by atoms with E-state index in [0.717, 1.165) is 11.6 Å². The van der Waals surface area contributed by atoms with Crippen molar-refractivity contribution >= 4 is 11.6 Å². The Bertz CT molecular complexity index is 597. The second-order valence-electron chi connectivity index (χ2n) is 3.85. The van der Waals surface area contributed by atoms with Crippen LogP contribution >= 0.6 is 0 Å². The van der Waals surface area contributed by atoms with Gasteiger partial charge in [0.05, 0.1) is 5.56 Å². The third-order valence-electron chi connectivity index (χ3n) is 2.49. The van der Waals surface area contributed by atoms with Crippen LogP contribution < -0.4 is 5.32 Å². The summed E-state index contributed by atoms with van der Waals surface area (Å²) in [5.74, 6) is -0.801. The minimum absolute atomic E-state index is 0.0934. The third kappa shape index (κ3) is 2.40. The van der Waals surface area contributed by atoms with Gasteiger partial charge in [-0.2, -0.15) is 0 Å².